The van der Waals surface area contributed by atoms with E-state index in [0.29, 0.717) is 22.3 Å². The largest absolute Gasteiger partial charge is 0.495 e. The number of nitrogens with one attached hydrogen (secondary N) is 1. The maximum atomic E-state index is 5.98. The van der Waals surface area contributed by atoms with Crippen LogP contribution in [0.3, 0.4) is 0 Å². The molecular weight excluding hydrogens is 252 g/mol. The lowest BCUT2D eigenvalue weighted by molar-refractivity contribution is 0.417. The topological polar surface area (TPSA) is 65.1 Å². The van der Waals surface area contributed by atoms with Crippen molar-refractivity contribution in [3.05, 3.63) is 28.9 Å². The Labute approximate surface area is 110 Å². The van der Waals surface area contributed by atoms with Crippen molar-refractivity contribution in [1.82, 2.24) is 9.78 Å². The summed E-state index contributed by atoms with van der Waals surface area (Å²) in [6, 6.07) is 5.34. The molecule has 6 heteroatoms. The van der Waals surface area contributed by atoms with Crippen LogP contribution in [0.5, 0.6) is 5.75 Å². The lowest BCUT2D eigenvalue weighted by atomic mass is 10.3. The molecule has 0 radical (unpaired) electrons. The summed E-state index contributed by atoms with van der Waals surface area (Å²) in [5.74, 6) is 1.41. The standard InChI is InChI=1S/C12H15ClN4O/c1-7-11(14)12(17(2)16-7)15-9-6-8(13)4-5-10(9)18-3/h4-6,15H,14H2,1-3H3. The summed E-state index contributed by atoms with van der Waals surface area (Å²) in [5.41, 5.74) is 8.10. The van der Waals surface area contributed by atoms with Crippen LogP contribution in [0.1, 0.15) is 5.69 Å². The Morgan fingerprint density at radius 3 is 2.72 bits per heavy atom. The first-order valence-corrected chi connectivity index (χ1v) is 5.80. The number of nitrogens with two attached hydrogens (primary N) is 1. The van der Waals surface area contributed by atoms with E-state index in [1.807, 2.05) is 14.0 Å². The number of anilines is 3. The maximum Gasteiger partial charge on any atom is 0.152 e. The zero-order valence-corrected chi connectivity index (χ0v) is 11.2. The summed E-state index contributed by atoms with van der Waals surface area (Å²) >= 11 is 5.98. The number of nitrogens with zero attached hydrogens (tertiary/aromatic N) is 2. The van der Waals surface area contributed by atoms with E-state index in [1.54, 1.807) is 30.0 Å². The van der Waals surface area contributed by atoms with E-state index in [0.717, 1.165) is 11.4 Å². The molecule has 1 aromatic heterocycles. The van der Waals surface area contributed by atoms with Gasteiger partial charge in [-0.1, -0.05) is 11.6 Å². The van der Waals surface area contributed by atoms with E-state index >= 15 is 0 Å². The maximum absolute atomic E-state index is 5.98. The van der Waals surface area contributed by atoms with Gasteiger partial charge in [-0.05, 0) is 25.1 Å². The normalized spacial score (nSPS) is 10.4. The molecule has 0 saturated carbocycles. The van der Waals surface area contributed by atoms with Crippen molar-refractivity contribution < 1.29 is 4.74 Å². The van der Waals surface area contributed by atoms with Gasteiger partial charge < -0.3 is 15.8 Å². The number of hydrogen-bond acceptors (Lipinski definition) is 4. The van der Waals surface area contributed by atoms with Gasteiger partial charge in [0, 0.05) is 12.1 Å². The second-order valence-corrected chi connectivity index (χ2v) is 4.38. The van der Waals surface area contributed by atoms with Crippen molar-refractivity contribution in [2.75, 3.05) is 18.2 Å². The smallest absolute Gasteiger partial charge is 0.152 e. The molecule has 0 aliphatic heterocycles. The molecular formula is C12H15ClN4O. The van der Waals surface area contributed by atoms with Gasteiger partial charge in [-0.25, -0.2) is 0 Å². The quantitative estimate of drug-likeness (QED) is 0.897. The molecule has 0 spiro atoms. The van der Waals surface area contributed by atoms with Crippen LogP contribution in [0.4, 0.5) is 17.2 Å². The number of halogens is 1. The van der Waals surface area contributed by atoms with Gasteiger partial charge in [0.2, 0.25) is 0 Å². The Kier molecular flexibility index (Phi) is 3.34. The number of rotatable bonds is 3. The predicted octanol–water partition coefficient (Wildman–Crippen LogP) is 2.72. The van der Waals surface area contributed by atoms with Gasteiger partial charge in [0.1, 0.15) is 5.75 Å². The molecule has 18 heavy (non-hydrogen) atoms. The first kappa shape index (κ1) is 12.6. The molecule has 0 unspecified atom stereocenters. The minimum atomic E-state index is 0.611. The Balaban J connectivity index is 2.42. The summed E-state index contributed by atoms with van der Waals surface area (Å²) in [4.78, 5) is 0. The van der Waals surface area contributed by atoms with Crippen molar-refractivity contribution in [3.8, 4) is 5.75 Å². The zero-order chi connectivity index (χ0) is 13.3. The lowest BCUT2D eigenvalue weighted by Gasteiger charge is -2.12. The highest BCUT2D eigenvalue weighted by Crippen LogP contribution is 2.32. The van der Waals surface area contributed by atoms with Gasteiger partial charge in [0.05, 0.1) is 24.2 Å². The molecule has 1 heterocycles. The van der Waals surface area contributed by atoms with Crippen LogP contribution < -0.4 is 15.8 Å². The monoisotopic (exact) mass is 266 g/mol. The minimum absolute atomic E-state index is 0.611. The van der Waals surface area contributed by atoms with Gasteiger partial charge in [-0.15, -0.1) is 0 Å². The van der Waals surface area contributed by atoms with E-state index in [9.17, 15) is 0 Å². The Bertz CT molecular complexity index is 580. The van der Waals surface area contributed by atoms with Crippen LogP contribution in [0.25, 0.3) is 0 Å². The number of aromatic nitrogens is 2. The molecule has 0 aliphatic carbocycles. The molecule has 1 aromatic carbocycles. The third-order valence-electron chi connectivity index (χ3n) is 2.68. The first-order chi connectivity index (χ1) is 8.52. The first-order valence-electron chi connectivity index (χ1n) is 5.42. The van der Waals surface area contributed by atoms with Crippen molar-refractivity contribution in [2.24, 2.45) is 7.05 Å². The summed E-state index contributed by atoms with van der Waals surface area (Å²) in [5, 5.41) is 8.05. The fourth-order valence-corrected chi connectivity index (χ4v) is 1.90. The van der Waals surface area contributed by atoms with Crippen LogP contribution in [-0.2, 0) is 7.05 Å². The molecule has 0 amide bonds. The van der Waals surface area contributed by atoms with E-state index in [2.05, 4.69) is 10.4 Å². The Hall–Kier alpha value is -1.88. The highest BCUT2D eigenvalue weighted by molar-refractivity contribution is 6.31. The molecule has 0 atom stereocenters. The second-order valence-electron chi connectivity index (χ2n) is 3.94. The molecule has 0 aliphatic rings. The van der Waals surface area contributed by atoms with Crippen LogP contribution >= 0.6 is 11.6 Å². The van der Waals surface area contributed by atoms with Gasteiger partial charge >= 0.3 is 0 Å². The van der Waals surface area contributed by atoms with Gasteiger partial charge in [-0.3, -0.25) is 4.68 Å². The Morgan fingerprint density at radius 1 is 1.44 bits per heavy atom. The second kappa shape index (κ2) is 4.78. The van der Waals surface area contributed by atoms with Gasteiger partial charge in [0.25, 0.3) is 0 Å². The fourth-order valence-electron chi connectivity index (χ4n) is 1.73. The van der Waals surface area contributed by atoms with Crippen LogP contribution in [0.2, 0.25) is 5.02 Å². The summed E-state index contributed by atoms with van der Waals surface area (Å²) < 4.78 is 6.95. The number of nitrogen functional groups attached to an aromatic ring is 1. The highest BCUT2D eigenvalue weighted by atomic mass is 35.5. The molecule has 96 valence electrons. The van der Waals surface area contributed by atoms with Gasteiger partial charge in [0.15, 0.2) is 5.82 Å². The average molecular weight is 267 g/mol. The van der Waals surface area contributed by atoms with Crippen molar-refractivity contribution in [1.29, 1.82) is 0 Å². The molecule has 0 saturated heterocycles. The third-order valence-corrected chi connectivity index (χ3v) is 2.92. The van der Waals surface area contributed by atoms with E-state index < -0.39 is 0 Å². The van der Waals surface area contributed by atoms with E-state index in [4.69, 9.17) is 22.1 Å². The fraction of sp³-hybridized carbons (Fsp3) is 0.250. The van der Waals surface area contributed by atoms with Gasteiger partial charge in [-0.2, -0.15) is 5.10 Å². The average Bonchev–Trinajstić information content (AvgIpc) is 2.56. The SMILES string of the molecule is COc1ccc(Cl)cc1Nc1c(N)c(C)nn1C. The summed E-state index contributed by atoms with van der Waals surface area (Å²) in [6.45, 7) is 1.86. The Morgan fingerprint density at radius 2 is 2.17 bits per heavy atom. The van der Waals surface area contributed by atoms with Crippen LogP contribution in [0, 0.1) is 6.92 Å². The molecule has 5 nitrogen and oxygen atoms in total. The lowest BCUT2D eigenvalue weighted by Crippen LogP contribution is -2.02. The predicted molar refractivity (Wildman–Crippen MR) is 73.6 cm³/mol. The molecule has 2 rings (SSSR count). The van der Waals surface area contributed by atoms with Crippen molar-refractivity contribution in [2.45, 2.75) is 6.92 Å². The molecule has 0 bridgehead atoms. The highest BCUT2D eigenvalue weighted by Gasteiger charge is 2.12. The zero-order valence-electron chi connectivity index (χ0n) is 10.5. The van der Waals surface area contributed by atoms with Crippen LogP contribution in [0.15, 0.2) is 18.2 Å². The van der Waals surface area contributed by atoms with E-state index in [-0.39, 0.29) is 0 Å². The van der Waals surface area contributed by atoms with Crippen LogP contribution in [-0.4, -0.2) is 16.9 Å². The summed E-state index contributed by atoms with van der Waals surface area (Å²) in [7, 11) is 3.43. The number of benzene rings is 1. The van der Waals surface area contributed by atoms with Crippen molar-refractivity contribution in [3.63, 3.8) is 0 Å². The third kappa shape index (κ3) is 2.22. The molecule has 2 aromatic rings. The number of ether oxygens (including phenoxy) is 1. The van der Waals surface area contributed by atoms with E-state index in [1.165, 1.54) is 0 Å². The number of aryl methyl sites for hydroxylation is 2. The molecule has 0 fully saturated rings. The number of methoxy groups -OCH3 is 1. The molecule has 3 N–H and O–H groups in total. The number of hydrogen-bond donors (Lipinski definition) is 2. The minimum Gasteiger partial charge on any atom is -0.495 e. The summed E-state index contributed by atoms with van der Waals surface area (Å²) in [6.07, 6.45) is 0. The van der Waals surface area contributed by atoms with Crippen molar-refractivity contribution >= 4 is 28.8 Å².